The van der Waals surface area contributed by atoms with Crippen molar-refractivity contribution in [3.63, 3.8) is 0 Å². The fraction of sp³-hybridized carbons (Fsp3) is 0.133. The Hall–Kier alpha value is -1.71. The summed E-state index contributed by atoms with van der Waals surface area (Å²) in [6.45, 7) is 2.12. The SMILES string of the molecule is CCOC(=O)c1cccc(Nc2ccc(Cl)c(Cl)c2)c1. The maximum absolute atomic E-state index is 11.7. The van der Waals surface area contributed by atoms with Gasteiger partial charge in [-0.1, -0.05) is 29.3 Å². The molecule has 0 atom stereocenters. The number of nitrogens with one attached hydrogen (secondary N) is 1. The molecule has 0 saturated heterocycles. The summed E-state index contributed by atoms with van der Waals surface area (Å²) >= 11 is 11.8. The Morgan fingerprint density at radius 1 is 1.10 bits per heavy atom. The molecule has 2 aromatic rings. The highest BCUT2D eigenvalue weighted by atomic mass is 35.5. The molecule has 0 spiro atoms. The van der Waals surface area contributed by atoms with Crippen molar-refractivity contribution in [3.8, 4) is 0 Å². The number of hydrogen-bond acceptors (Lipinski definition) is 3. The van der Waals surface area contributed by atoms with E-state index in [2.05, 4.69) is 5.32 Å². The Morgan fingerprint density at radius 2 is 1.85 bits per heavy atom. The first-order valence-electron chi connectivity index (χ1n) is 6.09. The molecule has 20 heavy (non-hydrogen) atoms. The molecule has 0 aromatic heterocycles. The summed E-state index contributed by atoms with van der Waals surface area (Å²) in [4.78, 5) is 11.7. The molecule has 0 heterocycles. The van der Waals surface area contributed by atoms with E-state index >= 15 is 0 Å². The summed E-state index contributed by atoms with van der Waals surface area (Å²) in [7, 11) is 0. The minimum absolute atomic E-state index is 0.342. The fourth-order valence-electron chi connectivity index (χ4n) is 1.68. The van der Waals surface area contributed by atoms with Crippen LogP contribution < -0.4 is 5.32 Å². The van der Waals surface area contributed by atoms with Gasteiger partial charge in [-0.3, -0.25) is 0 Å². The first-order valence-corrected chi connectivity index (χ1v) is 6.85. The Bertz CT molecular complexity index is 629. The van der Waals surface area contributed by atoms with Crippen LogP contribution in [-0.2, 0) is 4.74 Å². The molecular formula is C15H13Cl2NO2. The van der Waals surface area contributed by atoms with E-state index in [9.17, 15) is 4.79 Å². The zero-order valence-electron chi connectivity index (χ0n) is 10.8. The summed E-state index contributed by atoms with van der Waals surface area (Å²) in [6.07, 6.45) is 0. The lowest BCUT2D eigenvalue weighted by Gasteiger charge is -2.09. The number of anilines is 2. The number of benzene rings is 2. The van der Waals surface area contributed by atoms with Gasteiger partial charge in [0.15, 0.2) is 0 Å². The molecule has 0 saturated carbocycles. The maximum atomic E-state index is 11.7. The minimum atomic E-state index is -0.342. The molecule has 5 heteroatoms. The van der Waals surface area contributed by atoms with E-state index in [1.807, 2.05) is 12.1 Å². The lowest BCUT2D eigenvalue weighted by atomic mass is 10.2. The molecule has 2 aromatic carbocycles. The van der Waals surface area contributed by atoms with Gasteiger partial charge in [0, 0.05) is 11.4 Å². The van der Waals surface area contributed by atoms with E-state index in [4.69, 9.17) is 27.9 Å². The van der Waals surface area contributed by atoms with Gasteiger partial charge < -0.3 is 10.1 Å². The standard InChI is InChI=1S/C15H13Cl2NO2/c1-2-20-15(19)10-4-3-5-11(8-10)18-12-6-7-13(16)14(17)9-12/h3-9,18H,2H2,1H3. The molecule has 0 unspecified atom stereocenters. The van der Waals surface area contributed by atoms with Gasteiger partial charge in [0.2, 0.25) is 0 Å². The van der Waals surface area contributed by atoms with Crippen LogP contribution in [0.3, 0.4) is 0 Å². The van der Waals surface area contributed by atoms with Crippen molar-refractivity contribution >= 4 is 40.5 Å². The molecule has 0 aliphatic rings. The van der Waals surface area contributed by atoms with Gasteiger partial charge in [-0.05, 0) is 43.3 Å². The Morgan fingerprint density at radius 3 is 2.55 bits per heavy atom. The highest BCUT2D eigenvalue weighted by molar-refractivity contribution is 6.42. The summed E-state index contributed by atoms with van der Waals surface area (Å²) < 4.78 is 4.96. The van der Waals surface area contributed by atoms with Crippen LogP contribution in [0.2, 0.25) is 10.0 Å². The first kappa shape index (κ1) is 14.7. The van der Waals surface area contributed by atoms with E-state index in [1.165, 1.54) is 0 Å². The van der Waals surface area contributed by atoms with Crippen LogP contribution in [0.15, 0.2) is 42.5 Å². The van der Waals surface area contributed by atoms with E-state index < -0.39 is 0 Å². The van der Waals surface area contributed by atoms with E-state index in [0.717, 1.165) is 11.4 Å². The lowest BCUT2D eigenvalue weighted by molar-refractivity contribution is 0.0526. The van der Waals surface area contributed by atoms with E-state index in [-0.39, 0.29) is 5.97 Å². The third-order valence-electron chi connectivity index (χ3n) is 2.58. The molecular weight excluding hydrogens is 297 g/mol. The van der Waals surface area contributed by atoms with Crippen molar-refractivity contribution in [2.45, 2.75) is 6.92 Å². The van der Waals surface area contributed by atoms with Crippen molar-refractivity contribution in [1.29, 1.82) is 0 Å². The molecule has 0 bridgehead atoms. The Labute approximate surface area is 127 Å². The summed E-state index contributed by atoms with van der Waals surface area (Å²) in [5.41, 5.74) is 2.06. The highest BCUT2D eigenvalue weighted by Gasteiger charge is 2.07. The van der Waals surface area contributed by atoms with Crippen LogP contribution in [0, 0.1) is 0 Å². The van der Waals surface area contributed by atoms with Crippen molar-refractivity contribution in [2.24, 2.45) is 0 Å². The van der Waals surface area contributed by atoms with Gasteiger partial charge in [-0.2, -0.15) is 0 Å². The van der Waals surface area contributed by atoms with Crippen LogP contribution in [-0.4, -0.2) is 12.6 Å². The molecule has 1 N–H and O–H groups in total. The second-order valence-corrected chi connectivity index (χ2v) is 4.87. The molecule has 0 amide bonds. The largest absolute Gasteiger partial charge is 0.462 e. The molecule has 3 nitrogen and oxygen atoms in total. The number of rotatable bonds is 4. The molecule has 0 aliphatic carbocycles. The molecule has 2 rings (SSSR count). The third-order valence-corrected chi connectivity index (χ3v) is 3.32. The first-order chi connectivity index (χ1) is 9.60. The number of carbonyl (C=O) groups is 1. The predicted molar refractivity (Wildman–Crippen MR) is 82.1 cm³/mol. The van der Waals surface area contributed by atoms with E-state index in [1.54, 1.807) is 37.3 Å². The fourth-order valence-corrected chi connectivity index (χ4v) is 1.98. The van der Waals surface area contributed by atoms with Gasteiger partial charge in [0.05, 0.1) is 22.2 Å². The zero-order valence-corrected chi connectivity index (χ0v) is 12.3. The third kappa shape index (κ3) is 3.65. The average molecular weight is 310 g/mol. The van der Waals surface area contributed by atoms with Crippen molar-refractivity contribution < 1.29 is 9.53 Å². The minimum Gasteiger partial charge on any atom is -0.462 e. The monoisotopic (exact) mass is 309 g/mol. The van der Waals surface area contributed by atoms with Crippen LogP contribution in [0.5, 0.6) is 0 Å². The maximum Gasteiger partial charge on any atom is 0.338 e. The van der Waals surface area contributed by atoms with Gasteiger partial charge in [-0.25, -0.2) is 4.79 Å². The number of hydrogen-bond donors (Lipinski definition) is 1. The Kier molecular flexibility index (Phi) is 4.88. The molecule has 0 aliphatic heterocycles. The molecule has 0 fully saturated rings. The number of halogens is 2. The Balaban J connectivity index is 2.19. The van der Waals surface area contributed by atoms with Crippen molar-refractivity contribution in [1.82, 2.24) is 0 Å². The highest BCUT2D eigenvalue weighted by Crippen LogP contribution is 2.27. The normalized spacial score (nSPS) is 10.2. The van der Waals surface area contributed by atoms with Crippen LogP contribution in [0.25, 0.3) is 0 Å². The van der Waals surface area contributed by atoms with Gasteiger partial charge in [0.25, 0.3) is 0 Å². The van der Waals surface area contributed by atoms with Crippen LogP contribution >= 0.6 is 23.2 Å². The summed E-state index contributed by atoms with van der Waals surface area (Å²) in [5.74, 6) is -0.342. The lowest BCUT2D eigenvalue weighted by Crippen LogP contribution is -2.04. The van der Waals surface area contributed by atoms with E-state index in [0.29, 0.717) is 22.2 Å². The van der Waals surface area contributed by atoms with Crippen molar-refractivity contribution in [2.75, 3.05) is 11.9 Å². The summed E-state index contributed by atoms with van der Waals surface area (Å²) in [6, 6.07) is 12.3. The smallest absolute Gasteiger partial charge is 0.338 e. The molecule has 104 valence electrons. The van der Waals surface area contributed by atoms with Crippen molar-refractivity contribution in [3.05, 3.63) is 58.1 Å². The van der Waals surface area contributed by atoms with Gasteiger partial charge >= 0.3 is 5.97 Å². The topological polar surface area (TPSA) is 38.3 Å². The predicted octanol–water partition coefficient (Wildman–Crippen LogP) is 4.91. The number of ether oxygens (including phenoxy) is 1. The summed E-state index contributed by atoms with van der Waals surface area (Å²) in [5, 5.41) is 4.13. The quantitative estimate of drug-likeness (QED) is 0.815. The van der Waals surface area contributed by atoms with Crippen LogP contribution in [0.4, 0.5) is 11.4 Å². The van der Waals surface area contributed by atoms with Crippen LogP contribution in [0.1, 0.15) is 17.3 Å². The molecule has 0 radical (unpaired) electrons. The number of esters is 1. The average Bonchev–Trinajstić information content (AvgIpc) is 2.43. The van der Waals surface area contributed by atoms with Gasteiger partial charge in [-0.15, -0.1) is 0 Å². The second kappa shape index (κ2) is 6.64. The van der Waals surface area contributed by atoms with Gasteiger partial charge in [0.1, 0.15) is 0 Å². The number of carbonyl (C=O) groups excluding carboxylic acids is 1. The second-order valence-electron chi connectivity index (χ2n) is 4.06. The zero-order chi connectivity index (χ0) is 14.5.